The summed E-state index contributed by atoms with van der Waals surface area (Å²) in [5.74, 6) is -1.07. The van der Waals surface area contributed by atoms with Gasteiger partial charge in [-0.1, -0.05) is 0 Å². The molecular formula is C8H5BrF3NO2. The third-order valence-electron chi connectivity index (χ3n) is 1.59. The van der Waals surface area contributed by atoms with Gasteiger partial charge in [-0.25, -0.2) is 4.79 Å². The van der Waals surface area contributed by atoms with Crippen LogP contribution in [0.4, 0.5) is 13.2 Å². The molecule has 3 nitrogen and oxygen atoms in total. The molecule has 7 heteroatoms. The quantitative estimate of drug-likeness (QED) is 0.744. The lowest BCUT2D eigenvalue weighted by Crippen LogP contribution is -2.15. The Hall–Kier alpha value is -1.11. The minimum absolute atomic E-state index is 0.294. The highest BCUT2D eigenvalue weighted by Gasteiger charge is 2.38. The molecule has 0 amide bonds. The Morgan fingerprint density at radius 1 is 1.47 bits per heavy atom. The number of ether oxygens (including phenoxy) is 1. The number of alkyl halides is 3. The lowest BCUT2D eigenvalue weighted by atomic mass is 10.1. The molecule has 0 bridgehead atoms. The largest absolute Gasteiger partial charge is 0.465 e. The van der Waals surface area contributed by atoms with Crippen molar-refractivity contribution in [2.45, 2.75) is 6.18 Å². The molecule has 0 spiro atoms. The van der Waals surface area contributed by atoms with Gasteiger partial charge in [-0.05, 0) is 15.9 Å². The first kappa shape index (κ1) is 12.0. The molecule has 1 aromatic heterocycles. The van der Waals surface area contributed by atoms with Gasteiger partial charge in [0.25, 0.3) is 0 Å². The summed E-state index contributed by atoms with van der Waals surface area (Å²) in [6.45, 7) is 0. The number of carbonyl (C=O) groups is 1. The maximum Gasteiger partial charge on any atom is 0.418 e. The molecular weight excluding hydrogens is 279 g/mol. The Labute approximate surface area is 91.4 Å². The van der Waals surface area contributed by atoms with Crippen LogP contribution in [-0.2, 0) is 10.9 Å². The van der Waals surface area contributed by atoms with Gasteiger partial charge in [0.15, 0.2) is 0 Å². The minimum atomic E-state index is -4.63. The topological polar surface area (TPSA) is 39.2 Å². The summed E-state index contributed by atoms with van der Waals surface area (Å²) in [5, 5.41) is 0. The summed E-state index contributed by atoms with van der Waals surface area (Å²) in [7, 11) is 1.00. The predicted octanol–water partition coefficient (Wildman–Crippen LogP) is 2.65. The SMILES string of the molecule is COC(=O)c1cncc(Br)c1C(F)(F)F. The van der Waals surface area contributed by atoms with E-state index >= 15 is 0 Å². The van der Waals surface area contributed by atoms with Gasteiger partial charge in [0.2, 0.25) is 0 Å². The lowest BCUT2D eigenvalue weighted by Gasteiger charge is -2.12. The first-order valence-corrected chi connectivity index (χ1v) is 4.46. The van der Waals surface area contributed by atoms with E-state index in [2.05, 4.69) is 25.7 Å². The molecule has 0 saturated heterocycles. The summed E-state index contributed by atoms with van der Waals surface area (Å²) in [5.41, 5.74) is -1.69. The van der Waals surface area contributed by atoms with E-state index in [-0.39, 0.29) is 4.47 Å². The number of hydrogen-bond acceptors (Lipinski definition) is 3. The third-order valence-corrected chi connectivity index (χ3v) is 2.19. The number of carbonyl (C=O) groups excluding carboxylic acids is 1. The number of halogens is 4. The molecule has 0 N–H and O–H groups in total. The van der Waals surface area contributed by atoms with Crippen molar-refractivity contribution in [3.05, 3.63) is 28.0 Å². The van der Waals surface area contributed by atoms with E-state index in [0.29, 0.717) is 0 Å². The van der Waals surface area contributed by atoms with E-state index in [1.165, 1.54) is 0 Å². The first-order valence-electron chi connectivity index (χ1n) is 3.67. The van der Waals surface area contributed by atoms with Crippen molar-refractivity contribution in [1.29, 1.82) is 0 Å². The molecule has 1 rings (SSSR count). The highest BCUT2D eigenvalue weighted by molar-refractivity contribution is 9.10. The highest BCUT2D eigenvalue weighted by Crippen LogP contribution is 2.36. The average Bonchev–Trinajstić information content (AvgIpc) is 2.14. The molecule has 0 aliphatic heterocycles. The Bertz CT molecular complexity index is 392. The van der Waals surface area contributed by atoms with Crippen LogP contribution in [0.5, 0.6) is 0 Å². The molecule has 0 aromatic carbocycles. The number of aromatic nitrogens is 1. The summed E-state index contributed by atoms with van der Waals surface area (Å²) in [6, 6.07) is 0. The van der Waals surface area contributed by atoms with Gasteiger partial charge in [0.1, 0.15) is 0 Å². The van der Waals surface area contributed by atoms with Crippen LogP contribution >= 0.6 is 15.9 Å². The molecule has 0 radical (unpaired) electrons. The summed E-state index contributed by atoms with van der Waals surface area (Å²) >= 11 is 2.69. The smallest absolute Gasteiger partial charge is 0.418 e. The molecule has 0 atom stereocenters. The number of nitrogens with zero attached hydrogens (tertiary/aromatic N) is 1. The van der Waals surface area contributed by atoms with Crippen LogP contribution in [0.2, 0.25) is 0 Å². The molecule has 1 aromatic rings. The number of methoxy groups -OCH3 is 1. The second-order valence-corrected chi connectivity index (χ2v) is 3.39. The van der Waals surface area contributed by atoms with Crippen molar-refractivity contribution >= 4 is 21.9 Å². The van der Waals surface area contributed by atoms with E-state index in [1.54, 1.807) is 0 Å². The van der Waals surface area contributed by atoms with Gasteiger partial charge in [0.05, 0.1) is 18.2 Å². The van der Waals surface area contributed by atoms with Crippen LogP contribution in [0.1, 0.15) is 15.9 Å². The normalized spacial score (nSPS) is 11.3. The minimum Gasteiger partial charge on any atom is -0.465 e. The van der Waals surface area contributed by atoms with E-state index in [1.807, 2.05) is 0 Å². The maximum atomic E-state index is 12.5. The lowest BCUT2D eigenvalue weighted by molar-refractivity contribution is -0.138. The number of esters is 1. The Morgan fingerprint density at radius 2 is 2.07 bits per heavy atom. The van der Waals surface area contributed by atoms with Crippen molar-refractivity contribution in [1.82, 2.24) is 4.98 Å². The summed E-state index contributed by atoms with van der Waals surface area (Å²) in [4.78, 5) is 14.5. The van der Waals surface area contributed by atoms with Crippen LogP contribution in [0.3, 0.4) is 0 Å². The van der Waals surface area contributed by atoms with Crippen LogP contribution in [0, 0.1) is 0 Å². The van der Waals surface area contributed by atoms with Crippen molar-refractivity contribution in [3.63, 3.8) is 0 Å². The second kappa shape index (κ2) is 4.18. The zero-order valence-corrected chi connectivity index (χ0v) is 9.02. The fraction of sp³-hybridized carbons (Fsp3) is 0.250. The fourth-order valence-electron chi connectivity index (χ4n) is 0.988. The van der Waals surface area contributed by atoms with Crippen molar-refractivity contribution in [3.8, 4) is 0 Å². The van der Waals surface area contributed by atoms with Crippen LogP contribution in [0.25, 0.3) is 0 Å². The van der Waals surface area contributed by atoms with E-state index in [4.69, 9.17) is 0 Å². The third kappa shape index (κ3) is 2.47. The van der Waals surface area contributed by atoms with E-state index in [9.17, 15) is 18.0 Å². The Kier molecular flexibility index (Phi) is 3.33. The van der Waals surface area contributed by atoms with Crippen molar-refractivity contribution < 1.29 is 22.7 Å². The van der Waals surface area contributed by atoms with Crippen molar-refractivity contribution in [2.24, 2.45) is 0 Å². The number of hydrogen-bond donors (Lipinski definition) is 0. The average molecular weight is 284 g/mol. The van der Waals surface area contributed by atoms with Gasteiger partial charge in [-0.3, -0.25) is 4.98 Å². The molecule has 0 fully saturated rings. The van der Waals surface area contributed by atoms with Gasteiger partial charge < -0.3 is 4.74 Å². The molecule has 0 aliphatic carbocycles. The Morgan fingerprint density at radius 3 is 2.53 bits per heavy atom. The standard InChI is InChI=1S/C8H5BrF3NO2/c1-15-7(14)4-2-13-3-5(9)6(4)8(10,11)12/h2-3H,1H3. The predicted molar refractivity (Wildman–Crippen MR) is 48.3 cm³/mol. The molecule has 0 saturated carbocycles. The van der Waals surface area contributed by atoms with Crippen molar-refractivity contribution in [2.75, 3.05) is 7.11 Å². The zero-order valence-electron chi connectivity index (χ0n) is 7.43. The fourth-order valence-corrected chi connectivity index (χ4v) is 1.54. The maximum absolute atomic E-state index is 12.5. The molecule has 0 unspecified atom stereocenters. The second-order valence-electron chi connectivity index (χ2n) is 2.53. The number of pyridine rings is 1. The molecule has 82 valence electrons. The number of rotatable bonds is 1. The van der Waals surface area contributed by atoms with Crippen LogP contribution < -0.4 is 0 Å². The van der Waals surface area contributed by atoms with E-state index in [0.717, 1.165) is 19.5 Å². The summed E-state index contributed by atoms with van der Waals surface area (Å²) in [6.07, 6.45) is -2.85. The van der Waals surface area contributed by atoms with Gasteiger partial charge in [0, 0.05) is 16.9 Å². The van der Waals surface area contributed by atoms with Gasteiger partial charge in [-0.15, -0.1) is 0 Å². The van der Waals surface area contributed by atoms with Crippen LogP contribution in [-0.4, -0.2) is 18.1 Å². The van der Waals surface area contributed by atoms with Gasteiger partial charge >= 0.3 is 12.1 Å². The monoisotopic (exact) mass is 283 g/mol. The highest BCUT2D eigenvalue weighted by atomic mass is 79.9. The molecule has 1 heterocycles. The summed E-state index contributed by atoms with van der Waals surface area (Å²) < 4.78 is 41.6. The first-order chi connectivity index (χ1) is 6.88. The van der Waals surface area contributed by atoms with Crippen LogP contribution in [0.15, 0.2) is 16.9 Å². The van der Waals surface area contributed by atoms with E-state index < -0.39 is 23.3 Å². The Balaban J connectivity index is 3.40. The van der Waals surface area contributed by atoms with Gasteiger partial charge in [-0.2, -0.15) is 13.2 Å². The zero-order chi connectivity index (χ0) is 11.6. The molecule has 0 aliphatic rings. The molecule has 15 heavy (non-hydrogen) atoms.